The molecule has 1 aliphatic carbocycles. The maximum Gasteiger partial charge on any atom is 0.119 e. The van der Waals surface area contributed by atoms with Gasteiger partial charge in [0.15, 0.2) is 0 Å². The van der Waals surface area contributed by atoms with Gasteiger partial charge in [-0.05, 0) is 73.1 Å². The van der Waals surface area contributed by atoms with Crippen molar-refractivity contribution < 1.29 is 9.47 Å². The standard InChI is InChI=1S/C21H26N2O2/c1-24-19-7-5-15-4-6-18(13-17(15)14-19)23-20-3-2-12-25-21(20)16-8-10-22-11-9-16/h5,7-11,14,18,20-21,23H,2-4,6,12-13H2,1H3/t18-,20+,21-/m1/s1. The van der Waals surface area contributed by atoms with Crippen LogP contribution in [0.4, 0.5) is 0 Å². The largest absolute Gasteiger partial charge is 0.497 e. The Balaban J connectivity index is 1.47. The molecule has 1 aromatic heterocycles. The van der Waals surface area contributed by atoms with Gasteiger partial charge in [0.25, 0.3) is 0 Å². The number of hydrogen-bond donors (Lipinski definition) is 1. The second kappa shape index (κ2) is 7.54. The van der Waals surface area contributed by atoms with Gasteiger partial charge in [0.2, 0.25) is 0 Å². The Morgan fingerprint density at radius 1 is 1.12 bits per heavy atom. The van der Waals surface area contributed by atoms with Gasteiger partial charge in [-0.15, -0.1) is 0 Å². The van der Waals surface area contributed by atoms with E-state index in [0.717, 1.165) is 38.0 Å². The SMILES string of the molecule is COc1ccc2c(c1)C[C@H](N[C@H]1CCCO[C@@H]1c1ccncc1)CC2. The molecule has 25 heavy (non-hydrogen) atoms. The minimum Gasteiger partial charge on any atom is -0.497 e. The van der Waals surface area contributed by atoms with Crippen molar-refractivity contribution in [2.24, 2.45) is 0 Å². The lowest BCUT2D eigenvalue weighted by molar-refractivity contribution is -0.0143. The summed E-state index contributed by atoms with van der Waals surface area (Å²) >= 11 is 0. The summed E-state index contributed by atoms with van der Waals surface area (Å²) in [6.45, 7) is 0.843. The third-order valence-electron chi connectivity index (χ3n) is 5.45. The molecule has 0 spiro atoms. The number of aromatic nitrogens is 1. The second-order valence-corrected chi connectivity index (χ2v) is 7.06. The fourth-order valence-electron chi connectivity index (χ4n) is 4.14. The number of pyridine rings is 1. The van der Waals surface area contributed by atoms with Crippen molar-refractivity contribution in [3.8, 4) is 5.75 Å². The highest BCUT2D eigenvalue weighted by molar-refractivity contribution is 5.38. The molecule has 0 saturated carbocycles. The zero-order valence-electron chi connectivity index (χ0n) is 14.8. The van der Waals surface area contributed by atoms with E-state index in [1.807, 2.05) is 12.4 Å². The van der Waals surface area contributed by atoms with E-state index in [0.29, 0.717) is 12.1 Å². The smallest absolute Gasteiger partial charge is 0.119 e. The number of hydrogen-bond acceptors (Lipinski definition) is 4. The van der Waals surface area contributed by atoms with Crippen LogP contribution in [0.5, 0.6) is 5.75 Å². The Morgan fingerprint density at radius 3 is 2.84 bits per heavy atom. The van der Waals surface area contributed by atoms with Crippen LogP contribution < -0.4 is 10.1 Å². The second-order valence-electron chi connectivity index (χ2n) is 7.06. The molecule has 4 nitrogen and oxygen atoms in total. The Labute approximate surface area is 149 Å². The summed E-state index contributed by atoms with van der Waals surface area (Å²) in [7, 11) is 1.74. The first-order valence-electron chi connectivity index (χ1n) is 9.27. The summed E-state index contributed by atoms with van der Waals surface area (Å²) in [5.74, 6) is 0.954. The number of rotatable bonds is 4. The lowest BCUT2D eigenvalue weighted by Gasteiger charge is -2.37. The van der Waals surface area contributed by atoms with Crippen molar-refractivity contribution in [3.05, 3.63) is 59.4 Å². The zero-order chi connectivity index (χ0) is 17.1. The molecule has 1 N–H and O–H groups in total. The monoisotopic (exact) mass is 338 g/mol. The van der Waals surface area contributed by atoms with Gasteiger partial charge in [0.1, 0.15) is 5.75 Å². The minimum atomic E-state index is 0.128. The summed E-state index contributed by atoms with van der Waals surface area (Å²) in [5, 5.41) is 3.90. The zero-order valence-corrected chi connectivity index (χ0v) is 14.8. The lowest BCUT2D eigenvalue weighted by atomic mass is 9.86. The number of nitrogens with one attached hydrogen (secondary N) is 1. The van der Waals surface area contributed by atoms with E-state index in [2.05, 4.69) is 40.6 Å². The molecule has 0 unspecified atom stereocenters. The van der Waals surface area contributed by atoms with E-state index in [1.165, 1.54) is 23.1 Å². The highest BCUT2D eigenvalue weighted by Crippen LogP contribution is 2.31. The third kappa shape index (κ3) is 3.70. The van der Waals surface area contributed by atoms with Crippen LogP contribution in [0.15, 0.2) is 42.7 Å². The highest BCUT2D eigenvalue weighted by Gasteiger charge is 2.30. The van der Waals surface area contributed by atoms with Crippen LogP contribution in [-0.2, 0) is 17.6 Å². The molecular weight excluding hydrogens is 312 g/mol. The summed E-state index contributed by atoms with van der Waals surface area (Å²) in [4.78, 5) is 4.13. The fourth-order valence-corrected chi connectivity index (χ4v) is 4.14. The Morgan fingerprint density at radius 2 is 2.00 bits per heavy atom. The highest BCUT2D eigenvalue weighted by atomic mass is 16.5. The first kappa shape index (κ1) is 16.6. The first-order chi connectivity index (χ1) is 12.3. The van der Waals surface area contributed by atoms with Crippen molar-refractivity contribution in [2.75, 3.05) is 13.7 Å². The van der Waals surface area contributed by atoms with Crippen LogP contribution in [0.3, 0.4) is 0 Å². The van der Waals surface area contributed by atoms with Crippen molar-refractivity contribution in [2.45, 2.75) is 50.3 Å². The van der Waals surface area contributed by atoms with Crippen LogP contribution in [0.25, 0.3) is 0 Å². The van der Waals surface area contributed by atoms with Gasteiger partial charge in [0, 0.05) is 31.1 Å². The molecule has 2 aliphatic rings. The van der Waals surface area contributed by atoms with Crippen LogP contribution >= 0.6 is 0 Å². The molecule has 0 bridgehead atoms. The molecule has 0 radical (unpaired) electrons. The van der Waals surface area contributed by atoms with E-state index in [4.69, 9.17) is 9.47 Å². The van der Waals surface area contributed by atoms with Crippen LogP contribution in [0.1, 0.15) is 42.1 Å². The van der Waals surface area contributed by atoms with Crippen LogP contribution in [0, 0.1) is 0 Å². The van der Waals surface area contributed by atoms with Crippen LogP contribution in [0.2, 0.25) is 0 Å². The Hall–Kier alpha value is -1.91. The number of methoxy groups -OCH3 is 1. The molecule has 0 amide bonds. The van der Waals surface area contributed by atoms with Gasteiger partial charge < -0.3 is 14.8 Å². The first-order valence-corrected chi connectivity index (χ1v) is 9.27. The predicted octanol–water partition coefficient (Wildman–Crippen LogP) is 3.46. The third-order valence-corrected chi connectivity index (χ3v) is 5.45. The maximum atomic E-state index is 6.11. The summed E-state index contributed by atoms with van der Waals surface area (Å²) < 4.78 is 11.5. The molecule has 1 aromatic carbocycles. The van der Waals surface area contributed by atoms with Crippen molar-refractivity contribution >= 4 is 0 Å². The molecule has 132 valence electrons. The molecule has 2 heterocycles. The average Bonchev–Trinajstić information content (AvgIpc) is 2.68. The number of fused-ring (bicyclic) bond motifs is 1. The van der Waals surface area contributed by atoms with E-state index < -0.39 is 0 Å². The minimum absolute atomic E-state index is 0.128. The van der Waals surface area contributed by atoms with Gasteiger partial charge in [-0.3, -0.25) is 4.98 Å². The quantitative estimate of drug-likeness (QED) is 0.927. The van der Waals surface area contributed by atoms with Gasteiger partial charge in [0.05, 0.1) is 13.2 Å². The van der Waals surface area contributed by atoms with Crippen molar-refractivity contribution in [1.82, 2.24) is 10.3 Å². The lowest BCUT2D eigenvalue weighted by Crippen LogP contribution is -2.46. The molecule has 1 fully saturated rings. The van der Waals surface area contributed by atoms with Gasteiger partial charge in [-0.25, -0.2) is 0 Å². The topological polar surface area (TPSA) is 43.4 Å². The average molecular weight is 338 g/mol. The Bertz CT molecular complexity index is 704. The van der Waals surface area contributed by atoms with E-state index >= 15 is 0 Å². The summed E-state index contributed by atoms with van der Waals surface area (Å²) in [6.07, 6.45) is 9.49. The molecule has 3 atom stereocenters. The van der Waals surface area contributed by atoms with E-state index in [1.54, 1.807) is 7.11 Å². The van der Waals surface area contributed by atoms with Gasteiger partial charge >= 0.3 is 0 Å². The van der Waals surface area contributed by atoms with Gasteiger partial charge in [-0.1, -0.05) is 6.07 Å². The normalized spacial score (nSPS) is 26.0. The molecular formula is C21H26N2O2. The number of aryl methyl sites for hydroxylation is 1. The van der Waals surface area contributed by atoms with E-state index in [-0.39, 0.29) is 6.10 Å². The predicted molar refractivity (Wildman–Crippen MR) is 97.9 cm³/mol. The van der Waals surface area contributed by atoms with Crippen LogP contribution in [-0.4, -0.2) is 30.8 Å². The summed E-state index contributed by atoms with van der Waals surface area (Å²) in [5.41, 5.74) is 4.11. The van der Waals surface area contributed by atoms with Crippen molar-refractivity contribution in [3.63, 3.8) is 0 Å². The maximum absolute atomic E-state index is 6.11. The molecule has 4 rings (SSSR count). The molecule has 1 aliphatic heterocycles. The number of nitrogens with zero attached hydrogens (tertiary/aromatic N) is 1. The molecule has 4 heteroatoms. The van der Waals surface area contributed by atoms with Crippen molar-refractivity contribution in [1.29, 1.82) is 0 Å². The number of ether oxygens (including phenoxy) is 2. The number of benzene rings is 1. The fraction of sp³-hybridized carbons (Fsp3) is 0.476. The molecule has 2 aromatic rings. The summed E-state index contributed by atoms with van der Waals surface area (Å²) in [6, 6.07) is 11.5. The van der Waals surface area contributed by atoms with E-state index in [9.17, 15) is 0 Å². The molecule has 1 saturated heterocycles. The Kier molecular flexibility index (Phi) is 4.99. The van der Waals surface area contributed by atoms with Gasteiger partial charge in [-0.2, -0.15) is 0 Å².